The Morgan fingerprint density at radius 1 is 0.975 bits per heavy atom. The molecule has 0 spiro atoms. The number of allylic oxidation sites excluding steroid dienone is 2. The number of para-hydroxylation sites is 1. The third kappa shape index (κ3) is 5.26. The number of rotatable bonds is 7. The fourth-order valence-corrected chi connectivity index (χ4v) is 5.68. The molecule has 0 unspecified atom stereocenters. The van der Waals surface area contributed by atoms with E-state index < -0.39 is 6.04 Å². The van der Waals surface area contributed by atoms with Crippen LogP contribution in [0.2, 0.25) is 0 Å². The number of carbonyl (C=O) groups excluding carboxylic acids is 1. The lowest BCUT2D eigenvalue weighted by Crippen LogP contribution is -2.40. The van der Waals surface area contributed by atoms with Crippen molar-refractivity contribution in [2.45, 2.75) is 19.9 Å². The van der Waals surface area contributed by atoms with Gasteiger partial charge in [-0.1, -0.05) is 78.1 Å². The number of aryl methyl sites for hydroxylation is 1. The van der Waals surface area contributed by atoms with Gasteiger partial charge >= 0.3 is 0 Å². The van der Waals surface area contributed by atoms with Crippen LogP contribution in [0.5, 0.6) is 11.5 Å². The molecule has 202 valence electrons. The van der Waals surface area contributed by atoms with Gasteiger partial charge in [0.1, 0.15) is 0 Å². The Hall–Kier alpha value is -4.69. The van der Waals surface area contributed by atoms with Crippen LogP contribution in [0.1, 0.15) is 29.7 Å². The highest BCUT2D eigenvalue weighted by molar-refractivity contribution is 7.07. The van der Waals surface area contributed by atoms with Crippen molar-refractivity contribution in [3.05, 3.63) is 127 Å². The summed E-state index contributed by atoms with van der Waals surface area (Å²) in [6, 6.07) is 22.1. The van der Waals surface area contributed by atoms with E-state index in [-0.39, 0.29) is 11.5 Å². The molecule has 2 heterocycles. The minimum atomic E-state index is -0.722. The fraction of sp³-hybridized carbons (Fsp3) is 0.156. The molecule has 1 atom stereocenters. The molecule has 5 rings (SSSR count). The minimum Gasteiger partial charge on any atom is -0.493 e. The van der Waals surface area contributed by atoms with E-state index in [1.165, 1.54) is 11.3 Å². The van der Waals surface area contributed by atoms with Gasteiger partial charge in [-0.25, -0.2) is 4.99 Å². The maximum Gasteiger partial charge on any atom is 0.271 e. The second-order valence-electron chi connectivity index (χ2n) is 9.26. The summed E-state index contributed by atoms with van der Waals surface area (Å²) in [5.74, 6) is 0.728. The van der Waals surface area contributed by atoms with Gasteiger partial charge in [0.25, 0.3) is 11.5 Å². The second kappa shape index (κ2) is 11.6. The van der Waals surface area contributed by atoms with Gasteiger partial charge in [-0.3, -0.25) is 14.2 Å². The molecule has 0 fully saturated rings. The summed E-state index contributed by atoms with van der Waals surface area (Å²) >= 11 is 1.29. The summed E-state index contributed by atoms with van der Waals surface area (Å²) in [5.41, 5.74) is 4.06. The predicted octanol–water partition coefficient (Wildman–Crippen LogP) is 4.86. The minimum absolute atomic E-state index is 0.227. The van der Waals surface area contributed by atoms with Crippen LogP contribution in [0, 0.1) is 6.92 Å². The molecule has 0 bridgehead atoms. The Bertz CT molecular complexity index is 1820. The highest BCUT2D eigenvalue weighted by Gasteiger charge is 2.33. The van der Waals surface area contributed by atoms with Gasteiger partial charge in [-0.15, -0.1) is 0 Å². The number of nitrogens with zero attached hydrogens (tertiary/aromatic N) is 2. The molecule has 4 aromatic rings. The fourth-order valence-electron chi connectivity index (χ4n) is 4.68. The van der Waals surface area contributed by atoms with Crippen LogP contribution in [0.4, 0.5) is 5.69 Å². The maximum absolute atomic E-state index is 13.8. The van der Waals surface area contributed by atoms with E-state index in [1.54, 1.807) is 43.9 Å². The zero-order chi connectivity index (χ0) is 28.2. The van der Waals surface area contributed by atoms with E-state index in [1.807, 2.05) is 79.7 Å². The lowest BCUT2D eigenvalue weighted by atomic mass is 9.94. The zero-order valence-electron chi connectivity index (χ0n) is 22.7. The van der Waals surface area contributed by atoms with Crippen LogP contribution in [-0.2, 0) is 4.79 Å². The van der Waals surface area contributed by atoms with Gasteiger partial charge in [0.2, 0.25) is 0 Å². The van der Waals surface area contributed by atoms with Crippen molar-refractivity contribution in [1.29, 1.82) is 0 Å². The number of amides is 1. The van der Waals surface area contributed by atoms with Gasteiger partial charge in [-0.05, 0) is 54.8 Å². The standard InChI is InChI=1S/C32H29N3O4S/c1-20-11-8-9-15-24(20)34-30(36)28-21(2)33-32-35(29(28)23-17-18-25(38-3)26(19-23)39-4)31(37)27(40-32)16-10-14-22-12-6-5-7-13-22/h5-19,29H,1-4H3,(H,34,36)/b14-10+,27-16-/t29-/m1/s1. The molecule has 1 amide bonds. The topological polar surface area (TPSA) is 81.9 Å². The second-order valence-corrected chi connectivity index (χ2v) is 10.3. The normalized spacial score (nSPS) is 15.1. The molecule has 0 aliphatic carbocycles. The van der Waals surface area contributed by atoms with Gasteiger partial charge < -0.3 is 14.8 Å². The van der Waals surface area contributed by atoms with Gasteiger partial charge in [-0.2, -0.15) is 0 Å². The third-order valence-electron chi connectivity index (χ3n) is 6.72. The van der Waals surface area contributed by atoms with Crippen LogP contribution < -0.4 is 29.7 Å². The third-order valence-corrected chi connectivity index (χ3v) is 7.72. The van der Waals surface area contributed by atoms with Gasteiger partial charge in [0.15, 0.2) is 16.3 Å². The molecule has 3 aromatic carbocycles. The number of aromatic nitrogens is 1. The van der Waals surface area contributed by atoms with Crippen molar-refractivity contribution in [1.82, 2.24) is 4.57 Å². The number of fused-ring (bicyclic) bond motifs is 1. The van der Waals surface area contributed by atoms with Crippen LogP contribution in [0.3, 0.4) is 0 Å². The van der Waals surface area contributed by atoms with Crippen molar-refractivity contribution in [2.75, 3.05) is 19.5 Å². The summed E-state index contributed by atoms with van der Waals surface area (Å²) in [6.07, 6.45) is 5.58. The van der Waals surface area contributed by atoms with Crippen molar-refractivity contribution in [2.24, 2.45) is 4.99 Å². The highest BCUT2D eigenvalue weighted by Crippen LogP contribution is 2.36. The average molecular weight is 552 g/mol. The summed E-state index contributed by atoms with van der Waals surface area (Å²) in [6.45, 7) is 3.73. The van der Waals surface area contributed by atoms with Crippen molar-refractivity contribution >= 4 is 35.1 Å². The van der Waals surface area contributed by atoms with Gasteiger partial charge in [0, 0.05) is 5.69 Å². The molecule has 0 saturated heterocycles. The van der Waals surface area contributed by atoms with E-state index in [0.717, 1.165) is 11.1 Å². The number of anilines is 1. The molecule has 1 aromatic heterocycles. The summed E-state index contributed by atoms with van der Waals surface area (Å²) in [4.78, 5) is 32.9. The Morgan fingerprint density at radius 3 is 2.42 bits per heavy atom. The summed E-state index contributed by atoms with van der Waals surface area (Å²) in [7, 11) is 3.12. The van der Waals surface area contributed by atoms with Crippen molar-refractivity contribution < 1.29 is 14.3 Å². The molecule has 8 heteroatoms. The first-order valence-corrected chi connectivity index (χ1v) is 13.6. The lowest BCUT2D eigenvalue weighted by molar-refractivity contribution is -0.113. The SMILES string of the molecule is COc1ccc([C@@H]2C(C(=O)Nc3ccccc3C)=C(C)N=c3s/c(=C\C=C\c4ccccc4)c(=O)n32)cc1OC. The van der Waals surface area contributed by atoms with Crippen LogP contribution in [-0.4, -0.2) is 24.7 Å². The van der Waals surface area contributed by atoms with Crippen molar-refractivity contribution in [3.63, 3.8) is 0 Å². The molecule has 1 aliphatic rings. The zero-order valence-corrected chi connectivity index (χ0v) is 23.5. The molecular formula is C32H29N3O4S. The smallest absolute Gasteiger partial charge is 0.271 e. The Kier molecular flexibility index (Phi) is 7.79. The number of ether oxygens (including phenoxy) is 2. The molecule has 40 heavy (non-hydrogen) atoms. The van der Waals surface area contributed by atoms with E-state index in [4.69, 9.17) is 14.5 Å². The number of thiazole rings is 1. The molecule has 0 saturated carbocycles. The Labute approximate surface area is 236 Å². The van der Waals surface area contributed by atoms with Crippen LogP contribution >= 0.6 is 11.3 Å². The first-order valence-electron chi connectivity index (χ1n) is 12.7. The highest BCUT2D eigenvalue weighted by atomic mass is 32.1. The molecule has 1 aliphatic heterocycles. The number of benzene rings is 3. The number of nitrogens with one attached hydrogen (secondary N) is 1. The predicted molar refractivity (Wildman–Crippen MR) is 159 cm³/mol. The summed E-state index contributed by atoms with van der Waals surface area (Å²) < 4.78 is 13.1. The quantitative estimate of drug-likeness (QED) is 0.356. The number of hydrogen-bond donors (Lipinski definition) is 1. The first kappa shape index (κ1) is 26.9. The lowest BCUT2D eigenvalue weighted by Gasteiger charge is -2.26. The number of carbonyl (C=O) groups is 1. The Morgan fingerprint density at radius 2 is 1.70 bits per heavy atom. The average Bonchev–Trinajstić information content (AvgIpc) is 3.27. The number of methoxy groups -OCH3 is 2. The largest absolute Gasteiger partial charge is 0.493 e. The van der Waals surface area contributed by atoms with Crippen LogP contribution in [0.25, 0.3) is 12.2 Å². The van der Waals surface area contributed by atoms with E-state index in [9.17, 15) is 9.59 Å². The van der Waals surface area contributed by atoms with E-state index in [0.29, 0.717) is 43.4 Å². The van der Waals surface area contributed by atoms with Crippen molar-refractivity contribution in [3.8, 4) is 11.5 Å². The van der Waals surface area contributed by atoms with E-state index >= 15 is 0 Å². The summed E-state index contributed by atoms with van der Waals surface area (Å²) in [5, 5.41) is 3.03. The molecule has 7 nitrogen and oxygen atoms in total. The first-order chi connectivity index (χ1) is 19.4. The number of hydrogen-bond acceptors (Lipinski definition) is 6. The monoisotopic (exact) mass is 551 g/mol. The molecular weight excluding hydrogens is 522 g/mol. The Balaban J connectivity index is 1.65. The van der Waals surface area contributed by atoms with E-state index in [2.05, 4.69) is 5.32 Å². The van der Waals surface area contributed by atoms with Crippen LogP contribution in [0.15, 0.2) is 99.9 Å². The van der Waals surface area contributed by atoms with Gasteiger partial charge in [0.05, 0.1) is 36.1 Å². The maximum atomic E-state index is 13.8. The molecule has 1 N–H and O–H groups in total. The molecule has 0 radical (unpaired) electrons.